The number of carbonyl (C=O) groups is 1. The lowest BCUT2D eigenvalue weighted by Gasteiger charge is -2.58. The predicted molar refractivity (Wildman–Crippen MR) is 107 cm³/mol. The van der Waals surface area contributed by atoms with Crippen molar-refractivity contribution in [3.05, 3.63) is 23.8 Å². The van der Waals surface area contributed by atoms with Gasteiger partial charge in [0.2, 0.25) is 0 Å². The van der Waals surface area contributed by atoms with Crippen LogP contribution in [0.15, 0.2) is 23.8 Å². The van der Waals surface area contributed by atoms with Gasteiger partial charge in [-0.2, -0.15) is 0 Å². The highest BCUT2D eigenvalue weighted by molar-refractivity contribution is 5.91. The second kappa shape index (κ2) is 6.04. The summed E-state index contributed by atoms with van der Waals surface area (Å²) in [7, 11) is 1.75. The number of carbonyl (C=O) groups excluding carboxylic acids is 1. The van der Waals surface area contributed by atoms with Crippen LogP contribution in [0.5, 0.6) is 0 Å². The van der Waals surface area contributed by atoms with Gasteiger partial charge in [-0.05, 0) is 99.0 Å². The topological polar surface area (TPSA) is 35.5 Å². The number of methoxy groups -OCH3 is 1. The van der Waals surface area contributed by atoms with Crippen LogP contribution < -0.4 is 0 Å². The van der Waals surface area contributed by atoms with Crippen molar-refractivity contribution in [2.45, 2.75) is 76.6 Å². The Balaban J connectivity index is 1.37. The molecule has 28 heavy (non-hydrogen) atoms. The summed E-state index contributed by atoms with van der Waals surface area (Å²) in [4.78, 5) is 12.1. The van der Waals surface area contributed by atoms with E-state index in [-0.39, 0.29) is 17.3 Å². The van der Waals surface area contributed by atoms with Gasteiger partial charge < -0.3 is 9.47 Å². The monoisotopic (exact) mass is 382 g/mol. The molecule has 0 aromatic heterocycles. The second-order valence-corrected chi connectivity index (χ2v) is 10.8. The van der Waals surface area contributed by atoms with E-state index in [1.54, 1.807) is 7.11 Å². The third-order valence-electron chi connectivity index (χ3n) is 9.88. The van der Waals surface area contributed by atoms with Crippen LogP contribution in [-0.2, 0) is 14.3 Å². The van der Waals surface area contributed by atoms with Gasteiger partial charge in [0.25, 0.3) is 0 Å². The Kier molecular flexibility index (Phi) is 3.86. The fourth-order valence-corrected chi connectivity index (χ4v) is 8.44. The maximum atomic E-state index is 12.1. The van der Waals surface area contributed by atoms with Gasteiger partial charge in [-0.1, -0.05) is 18.6 Å². The average Bonchev–Trinajstić information content (AvgIpc) is 3.38. The van der Waals surface area contributed by atoms with E-state index in [4.69, 9.17) is 9.47 Å². The molecule has 0 radical (unpaired) electrons. The van der Waals surface area contributed by atoms with E-state index >= 15 is 0 Å². The minimum absolute atomic E-state index is 0.115. The molecule has 3 nitrogen and oxygen atoms in total. The minimum Gasteiger partial charge on any atom is -0.352 e. The highest BCUT2D eigenvalue weighted by atomic mass is 16.7. The Morgan fingerprint density at radius 3 is 2.71 bits per heavy atom. The fourth-order valence-electron chi connectivity index (χ4n) is 8.44. The van der Waals surface area contributed by atoms with Crippen molar-refractivity contribution in [2.75, 3.05) is 7.11 Å². The molecule has 0 saturated heterocycles. The lowest BCUT2D eigenvalue weighted by Crippen LogP contribution is -2.55. The van der Waals surface area contributed by atoms with Crippen molar-refractivity contribution in [3.63, 3.8) is 0 Å². The van der Waals surface area contributed by atoms with Crippen LogP contribution in [0.3, 0.4) is 0 Å². The van der Waals surface area contributed by atoms with Gasteiger partial charge in [0.1, 0.15) is 0 Å². The molecule has 0 aromatic carbocycles. The quantitative estimate of drug-likeness (QED) is 0.626. The summed E-state index contributed by atoms with van der Waals surface area (Å²) in [6.45, 7) is 2.53. The van der Waals surface area contributed by atoms with E-state index in [0.717, 1.165) is 48.9 Å². The van der Waals surface area contributed by atoms with Crippen molar-refractivity contribution in [3.8, 4) is 0 Å². The Morgan fingerprint density at radius 1 is 1.11 bits per heavy atom. The van der Waals surface area contributed by atoms with Crippen molar-refractivity contribution in [1.82, 2.24) is 0 Å². The third kappa shape index (κ3) is 2.32. The molecular weight excluding hydrogens is 348 g/mol. The molecule has 4 saturated carbocycles. The van der Waals surface area contributed by atoms with Crippen LogP contribution in [0.4, 0.5) is 0 Å². The van der Waals surface area contributed by atoms with Gasteiger partial charge in [-0.25, -0.2) is 0 Å². The Bertz CT molecular complexity index is 749. The van der Waals surface area contributed by atoms with Gasteiger partial charge in [0.15, 0.2) is 12.1 Å². The van der Waals surface area contributed by atoms with E-state index < -0.39 is 0 Å². The summed E-state index contributed by atoms with van der Waals surface area (Å²) >= 11 is 0. The predicted octanol–water partition coefficient (Wildman–Crippen LogP) is 5.06. The Hall–Kier alpha value is -0.930. The zero-order valence-corrected chi connectivity index (χ0v) is 17.4. The van der Waals surface area contributed by atoms with Crippen LogP contribution in [0.2, 0.25) is 0 Å². The summed E-state index contributed by atoms with van der Waals surface area (Å²) in [6.07, 6.45) is 17.3. The van der Waals surface area contributed by atoms with Gasteiger partial charge in [-0.15, -0.1) is 0 Å². The summed E-state index contributed by atoms with van der Waals surface area (Å²) in [5.74, 6) is 5.19. The number of ketones is 1. The van der Waals surface area contributed by atoms with E-state index in [1.165, 1.54) is 44.1 Å². The molecule has 0 amide bonds. The number of allylic oxidation sites excluding steroid dienone is 1. The maximum absolute atomic E-state index is 12.1. The first kappa shape index (κ1) is 17.9. The zero-order chi connectivity index (χ0) is 19.1. The SMILES string of the molecule is COC1C=C[C@@]2(CCC3C4C(CC[C@@]32C)[C@H]2CCC(=O)C=C2C[C@@H]4C2CC2)O1. The van der Waals surface area contributed by atoms with Crippen LogP contribution in [0, 0.1) is 40.9 Å². The summed E-state index contributed by atoms with van der Waals surface area (Å²) < 4.78 is 12.1. The van der Waals surface area contributed by atoms with Crippen molar-refractivity contribution >= 4 is 5.78 Å². The molecule has 0 aromatic rings. The van der Waals surface area contributed by atoms with E-state index in [9.17, 15) is 4.79 Å². The maximum Gasteiger partial charge on any atom is 0.177 e. The largest absolute Gasteiger partial charge is 0.352 e. The highest BCUT2D eigenvalue weighted by Gasteiger charge is 2.66. The number of fused-ring (bicyclic) bond motifs is 6. The molecule has 4 fully saturated rings. The first-order valence-corrected chi connectivity index (χ1v) is 11.7. The molecule has 4 unspecified atom stereocenters. The third-order valence-corrected chi connectivity index (χ3v) is 9.88. The smallest absolute Gasteiger partial charge is 0.177 e. The first-order valence-electron chi connectivity index (χ1n) is 11.7. The summed E-state index contributed by atoms with van der Waals surface area (Å²) in [5.41, 5.74) is 1.65. The molecule has 3 heteroatoms. The lowest BCUT2D eigenvalue weighted by atomic mass is 9.47. The van der Waals surface area contributed by atoms with Crippen LogP contribution >= 0.6 is 0 Å². The van der Waals surface area contributed by atoms with Gasteiger partial charge in [0.05, 0.1) is 5.60 Å². The van der Waals surface area contributed by atoms with Crippen LogP contribution in [0.1, 0.15) is 64.7 Å². The number of hydrogen-bond acceptors (Lipinski definition) is 3. The fraction of sp³-hybridized carbons (Fsp3) is 0.800. The Labute approximate surface area is 168 Å². The minimum atomic E-state index is -0.169. The van der Waals surface area contributed by atoms with E-state index in [2.05, 4.69) is 25.2 Å². The molecule has 5 aliphatic carbocycles. The van der Waals surface area contributed by atoms with Gasteiger partial charge in [-0.3, -0.25) is 4.79 Å². The lowest BCUT2D eigenvalue weighted by molar-refractivity contribution is -0.194. The van der Waals surface area contributed by atoms with Crippen molar-refractivity contribution in [2.24, 2.45) is 40.9 Å². The number of rotatable bonds is 2. The highest BCUT2D eigenvalue weighted by Crippen LogP contribution is 2.69. The molecule has 1 heterocycles. The zero-order valence-electron chi connectivity index (χ0n) is 17.4. The van der Waals surface area contributed by atoms with E-state index in [1.807, 2.05) is 0 Å². The second-order valence-electron chi connectivity index (χ2n) is 10.8. The molecule has 152 valence electrons. The molecular formula is C25H34O3. The molecule has 0 N–H and O–H groups in total. The first-order chi connectivity index (χ1) is 13.5. The molecule has 1 spiro atoms. The van der Waals surface area contributed by atoms with Crippen LogP contribution in [-0.4, -0.2) is 24.8 Å². The van der Waals surface area contributed by atoms with Gasteiger partial charge in [0, 0.05) is 18.9 Å². The molecule has 6 aliphatic rings. The molecule has 0 bridgehead atoms. The normalized spacial score (nSPS) is 52.4. The average molecular weight is 383 g/mol. The standard InChI is InChI=1S/C25H34O3/c1-24-10-7-19-18-6-5-17(26)13-16(18)14-20(15-3-4-15)23(19)21(24)8-11-25(24)12-9-22(27-2)28-25/h9,12-13,15,18-23H,3-8,10-11,14H2,1-2H3/t18-,19?,20+,21?,22?,23?,24-,25+/m0/s1. The van der Waals surface area contributed by atoms with Crippen LogP contribution in [0.25, 0.3) is 0 Å². The molecule has 6 rings (SSSR count). The molecule has 8 atom stereocenters. The summed E-state index contributed by atoms with van der Waals surface area (Å²) in [5, 5.41) is 0. The van der Waals surface area contributed by atoms with Crippen molar-refractivity contribution in [1.29, 1.82) is 0 Å². The summed E-state index contributed by atoms with van der Waals surface area (Å²) in [6, 6.07) is 0. The van der Waals surface area contributed by atoms with E-state index in [0.29, 0.717) is 11.7 Å². The van der Waals surface area contributed by atoms with Gasteiger partial charge >= 0.3 is 0 Å². The molecule has 1 aliphatic heterocycles. The van der Waals surface area contributed by atoms with Crippen molar-refractivity contribution < 1.29 is 14.3 Å². The number of hydrogen-bond donors (Lipinski definition) is 0. The number of ether oxygens (including phenoxy) is 2. The Morgan fingerprint density at radius 2 is 1.96 bits per heavy atom.